The van der Waals surface area contributed by atoms with Gasteiger partial charge in [-0.05, 0) is 38.1 Å². The quantitative estimate of drug-likeness (QED) is 0.737. The van der Waals surface area contributed by atoms with Gasteiger partial charge in [0.25, 0.3) is 0 Å². The summed E-state index contributed by atoms with van der Waals surface area (Å²) in [5, 5.41) is 8.46. The van der Waals surface area contributed by atoms with E-state index >= 15 is 0 Å². The third-order valence-corrected chi connectivity index (χ3v) is 7.06. The van der Waals surface area contributed by atoms with Crippen LogP contribution in [0, 0.1) is 11.3 Å². The number of hydrogen-bond acceptors (Lipinski definition) is 7. The molecule has 1 aromatic heterocycles. The minimum atomic E-state index is 0.261. The van der Waals surface area contributed by atoms with Gasteiger partial charge < -0.3 is 13.9 Å². The maximum absolute atomic E-state index is 5.86. The third-order valence-electron chi connectivity index (χ3n) is 7.06. The molecule has 1 aliphatic carbocycles. The number of morpholine rings is 1. The van der Waals surface area contributed by atoms with E-state index in [0.717, 1.165) is 76.3 Å². The van der Waals surface area contributed by atoms with Crippen molar-refractivity contribution in [2.75, 3.05) is 53.1 Å². The number of rotatable bonds is 6. The summed E-state index contributed by atoms with van der Waals surface area (Å²) in [5.74, 6) is 2.50. The van der Waals surface area contributed by atoms with Gasteiger partial charge in [0.2, 0.25) is 11.8 Å². The Morgan fingerprint density at radius 3 is 2.71 bits per heavy atom. The van der Waals surface area contributed by atoms with Crippen LogP contribution in [0.25, 0.3) is 0 Å². The SMILES string of the molecule is COC[C@@]12CC[C@@H](N3CCOCC3)C[C@H]1CCN(Cc1nnc(C(C)C)o1)C2. The van der Waals surface area contributed by atoms with Crippen molar-refractivity contribution in [2.24, 2.45) is 11.3 Å². The normalized spacial score (nSPS) is 32.6. The average molecular weight is 393 g/mol. The van der Waals surface area contributed by atoms with Crippen LogP contribution in [0.1, 0.15) is 57.2 Å². The number of ether oxygens (including phenoxy) is 2. The Morgan fingerprint density at radius 1 is 1.18 bits per heavy atom. The summed E-state index contributed by atoms with van der Waals surface area (Å²) in [5.41, 5.74) is 0.261. The fourth-order valence-electron chi connectivity index (χ4n) is 5.54. The molecule has 2 saturated heterocycles. The minimum Gasteiger partial charge on any atom is -0.424 e. The van der Waals surface area contributed by atoms with Gasteiger partial charge >= 0.3 is 0 Å². The van der Waals surface area contributed by atoms with E-state index in [1.165, 1.54) is 25.7 Å². The number of methoxy groups -OCH3 is 1. The van der Waals surface area contributed by atoms with Crippen molar-refractivity contribution in [2.45, 2.75) is 58.0 Å². The molecule has 0 aromatic carbocycles. The van der Waals surface area contributed by atoms with Gasteiger partial charge in [0.15, 0.2) is 0 Å². The molecule has 0 N–H and O–H groups in total. The summed E-state index contributed by atoms with van der Waals surface area (Å²) in [6.07, 6.45) is 5.04. The second-order valence-electron chi connectivity index (χ2n) is 9.26. The maximum atomic E-state index is 5.86. The molecule has 1 saturated carbocycles. The summed E-state index contributed by atoms with van der Waals surface area (Å²) in [7, 11) is 1.85. The number of nitrogens with zero attached hydrogens (tertiary/aromatic N) is 4. The lowest BCUT2D eigenvalue weighted by atomic mass is 9.62. The first kappa shape index (κ1) is 20.3. The monoisotopic (exact) mass is 392 g/mol. The summed E-state index contributed by atoms with van der Waals surface area (Å²) in [6, 6.07) is 0.718. The van der Waals surface area contributed by atoms with E-state index in [1.54, 1.807) is 0 Å². The van der Waals surface area contributed by atoms with Crippen LogP contribution in [0.5, 0.6) is 0 Å². The number of hydrogen-bond donors (Lipinski definition) is 0. The van der Waals surface area contributed by atoms with Gasteiger partial charge in [-0.25, -0.2) is 0 Å². The molecule has 7 heteroatoms. The summed E-state index contributed by atoms with van der Waals surface area (Å²) < 4.78 is 17.2. The Labute approximate surface area is 168 Å². The molecule has 3 heterocycles. The molecule has 0 radical (unpaired) electrons. The van der Waals surface area contributed by atoms with E-state index in [-0.39, 0.29) is 11.3 Å². The summed E-state index contributed by atoms with van der Waals surface area (Å²) >= 11 is 0. The predicted molar refractivity (Wildman–Crippen MR) is 106 cm³/mol. The zero-order chi connectivity index (χ0) is 19.6. The van der Waals surface area contributed by atoms with Crippen molar-refractivity contribution < 1.29 is 13.9 Å². The van der Waals surface area contributed by atoms with E-state index < -0.39 is 0 Å². The van der Waals surface area contributed by atoms with E-state index in [0.29, 0.717) is 0 Å². The van der Waals surface area contributed by atoms with Crippen LogP contribution in [0.2, 0.25) is 0 Å². The van der Waals surface area contributed by atoms with Crippen molar-refractivity contribution in [3.63, 3.8) is 0 Å². The third kappa shape index (κ3) is 4.27. The standard InChI is InChI=1S/C21H36N4O3/c1-16(2)20-23-22-19(28-20)13-24-7-5-17-12-18(25-8-10-27-11-9-25)4-6-21(17,14-24)15-26-3/h16-18H,4-15H2,1-3H3/t17-,18-,21+/m1/s1. The molecule has 28 heavy (non-hydrogen) atoms. The first-order valence-corrected chi connectivity index (χ1v) is 10.9. The van der Waals surface area contributed by atoms with E-state index in [9.17, 15) is 0 Å². The molecule has 3 aliphatic rings. The van der Waals surface area contributed by atoms with Crippen LogP contribution < -0.4 is 0 Å². The van der Waals surface area contributed by atoms with Crippen molar-refractivity contribution in [1.29, 1.82) is 0 Å². The Hall–Kier alpha value is -1.02. The first-order valence-electron chi connectivity index (χ1n) is 10.9. The molecule has 158 valence electrons. The topological polar surface area (TPSA) is 63.9 Å². The Bertz CT molecular complexity index is 631. The van der Waals surface area contributed by atoms with Crippen LogP contribution in [-0.2, 0) is 16.0 Å². The van der Waals surface area contributed by atoms with Gasteiger partial charge in [0, 0.05) is 44.1 Å². The maximum Gasteiger partial charge on any atom is 0.230 e. The zero-order valence-corrected chi connectivity index (χ0v) is 17.7. The van der Waals surface area contributed by atoms with Gasteiger partial charge in [0.05, 0.1) is 26.4 Å². The van der Waals surface area contributed by atoms with Crippen LogP contribution >= 0.6 is 0 Å². The molecule has 0 bridgehead atoms. The van der Waals surface area contributed by atoms with Gasteiger partial charge in [-0.15, -0.1) is 10.2 Å². The highest BCUT2D eigenvalue weighted by atomic mass is 16.5. The lowest BCUT2D eigenvalue weighted by Crippen LogP contribution is -2.56. The Morgan fingerprint density at radius 2 is 2.00 bits per heavy atom. The highest BCUT2D eigenvalue weighted by Crippen LogP contribution is 2.48. The van der Waals surface area contributed by atoms with Crippen molar-refractivity contribution in [3.8, 4) is 0 Å². The number of aromatic nitrogens is 2. The lowest BCUT2D eigenvalue weighted by molar-refractivity contribution is -0.0881. The second kappa shape index (κ2) is 8.78. The predicted octanol–water partition coefficient (Wildman–Crippen LogP) is 2.53. The van der Waals surface area contributed by atoms with Gasteiger partial charge in [-0.3, -0.25) is 9.80 Å². The average Bonchev–Trinajstić information content (AvgIpc) is 3.17. The van der Waals surface area contributed by atoms with Crippen LogP contribution in [0.4, 0.5) is 0 Å². The van der Waals surface area contributed by atoms with Crippen LogP contribution in [0.15, 0.2) is 4.42 Å². The molecule has 2 aliphatic heterocycles. The molecule has 1 aromatic rings. The molecule has 4 rings (SSSR count). The van der Waals surface area contributed by atoms with Crippen LogP contribution in [-0.4, -0.2) is 79.1 Å². The fourth-order valence-corrected chi connectivity index (χ4v) is 5.54. The molecular formula is C21H36N4O3. The largest absolute Gasteiger partial charge is 0.424 e. The molecule has 3 fully saturated rings. The molecule has 7 nitrogen and oxygen atoms in total. The Kier molecular flexibility index (Phi) is 6.35. The van der Waals surface area contributed by atoms with Crippen LogP contribution in [0.3, 0.4) is 0 Å². The van der Waals surface area contributed by atoms with Gasteiger partial charge in [-0.2, -0.15) is 0 Å². The zero-order valence-electron chi connectivity index (χ0n) is 17.7. The van der Waals surface area contributed by atoms with E-state index in [1.807, 2.05) is 7.11 Å². The number of piperidine rings is 1. The molecule has 0 spiro atoms. The van der Waals surface area contributed by atoms with Crippen molar-refractivity contribution in [1.82, 2.24) is 20.0 Å². The smallest absolute Gasteiger partial charge is 0.230 e. The number of likely N-dealkylation sites (tertiary alicyclic amines) is 1. The molecule has 3 atom stereocenters. The first-order chi connectivity index (χ1) is 13.6. The van der Waals surface area contributed by atoms with Crippen molar-refractivity contribution >= 4 is 0 Å². The highest BCUT2D eigenvalue weighted by Gasteiger charge is 2.48. The molecular weight excluding hydrogens is 356 g/mol. The Balaban J connectivity index is 1.40. The number of fused-ring (bicyclic) bond motifs is 1. The molecule has 0 unspecified atom stereocenters. The second-order valence-corrected chi connectivity index (χ2v) is 9.26. The minimum absolute atomic E-state index is 0.261. The molecule has 0 amide bonds. The fraction of sp³-hybridized carbons (Fsp3) is 0.905. The highest BCUT2D eigenvalue weighted by molar-refractivity contribution is 5.00. The van der Waals surface area contributed by atoms with Gasteiger partial charge in [0.1, 0.15) is 0 Å². The van der Waals surface area contributed by atoms with E-state index in [2.05, 4.69) is 33.8 Å². The summed E-state index contributed by atoms with van der Waals surface area (Å²) in [6.45, 7) is 11.9. The van der Waals surface area contributed by atoms with E-state index in [4.69, 9.17) is 13.9 Å². The lowest BCUT2D eigenvalue weighted by Gasteiger charge is -2.54. The van der Waals surface area contributed by atoms with Crippen molar-refractivity contribution in [3.05, 3.63) is 11.8 Å². The summed E-state index contributed by atoms with van der Waals surface area (Å²) in [4.78, 5) is 5.17. The van der Waals surface area contributed by atoms with Gasteiger partial charge in [-0.1, -0.05) is 13.8 Å².